The Kier molecular flexibility index (Phi) is 6.29. The van der Waals surface area contributed by atoms with Crippen molar-refractivity contribution in [1.29, 1.82) is 0 Å². The number of piperidine rings is 1. The fraction of sp³-hybridized carbons (Fsp3) is 0.280. The van der Waals surface area contributed by atoms with Gasteiger partial charge in [0.25, 0.3) is 0 Å². The van der Waals surface area contributed by atoms with E-state index in [1.165, 1.54) is 5.56 Å². The van der Waals surface area contributed by atoms with Gasteiger partial charge in [-0.1, -0.05) is 48.5 Å². The summed E-state index contributed by atoms with van der Waals surface area (Å²) in [4.78, 5) is 2.38. The van der Waals surface area contributed by atoms with Crippen molar-refractivity contribution in [1.82, 2.24) is 19.2 Å². The molecule has 7 heteroatoms. The van der Waals surface area contributed by atoms with Crippen molar-refractivity contribution < 1.29 is 9.15 Å². The van der Waals surface area contributed by atoms with E-state index in [9.17, 15) is 0 Å². The van der Waals surface area contributed by atoms with Crippen LogP contribution in [-0.4, -0.2) is 38.4 Å². The van der Waals surface area contributed by atoms with Crippen LogP contribution in [0.5, 0.6) is 0 Å². The Labute approximate surface area is 192 Å². The fourth-order valence-corrected chi connectivity index (χ4v) is 4.36. The first kappa shape index (κ1) is 20.9. The van der Waals surface area contributed by atoms with Gasteiger partial charge in [0.05, 0.1) is 31.3 Å². The molecule has 0 unspecified atom stereocenters. The molecule has 2 aromatic heterocycles. The first-order valence-corrected chi connectivity index (χ1v) is 11.4. The highest BCUT2D eigenvalue weighted by Gasteiger charge is 2.22. The molecule has 1 aliphatic heterocycles. The molecular weight excluding hydrogens is 420 g/mol. The Morgan fingerprint density at radius 3 is 2.34 bits per heavy atom. The first-order chi connectivity index (χ1) is 15.8. The van der Waals surface area contributed by atoms with E-state index in [4.69, 9.17) is 26.5 Å². The van der Waals surface area contributed by atoms with E-state index in [0.29, 0.717) is 35.7 Å². The lowest BCUT2D eigenvalue weighted by Gasteiger charge is -2.31. The van der Waals surface area contributed by atoms with Gasteiger partial charge in [0.15, 0.2) is 5.76 Å². The Morgan fingerprint density at radius 1 is 0.938 bits per heavy atom. The number of para-hydroxylation sites is 1. The molecule has 0 saturated carbocycles. The van der Waals surface area contributed by atoms with E-state index in [2.05, 4.69) is 29.2 Å². The molecule has 1 aliphatic rings. The molecule has 1 saturated heterocycles. The van der Waals surface area contributed by atoms with Gasteiger partial charge in [-0.05, 0) is 54.9 Å². The zero-order chi connectivity index (χ0) is 21.8. The third-order valence-corrected chi connectivity index (χ3v) is 6.19. The van der Waals surface area contributed by atoms with Gasteiger partial charge < -0.3 is 9.15 Å². The highest BCUT2D eigenvalue weighted by molar-refractivity contribution is 7.71. The SMILES string of the molecule is S=c1n(CN2CCC(OCc3ccccc3)CC2)nc(-c2ccco2)n1-c1ccccc1. The minimum atomic E-state index is 0.292. The molecule has 0 bridgehead atoms. The average Bonchev–Trinajstić information content (AvgIpc) is 3.48. The van der Waals surface area contributed by atoms with Crippen LogP contribution in [0.15, 0.2) is 83.5 Å². The summed E-state index contributed by atoms with van der Waals surface area (Å²) in [6.45, 7) is 3.23. The number of ether oxygens (including phenoxy) is 1. The van der Waals surface area contributed by atoms with Crippen molar-refractivity contribution >= 4 is 12.2 Å². The van der Waals surface area contributed by atoms with Crippen molar-refractivity contribution in [2.24, 2.45) is 0 Å². The topological polar surface area (TPSA) is 48.4 Å². The number of nitrogens with zero attached hydrogens (tertiary/aromatic N) is 4. The highest BCUT2D eigenvalue weighted by atomic mass is 32.1. The summed E-state index contributed by atoms with van der Waals surface area (Å²) in [5.74, 6) is 1.42. The maximum atomic E-state index is 6.14. The van der Waals surface area contributed by atoms with Crippen molar-refractivity contribution in [3.8, 4) is 17.3 Å². The number of rotatable bonds is 7. The fourth-order valence-electron chi connectivity index (χ4n) is 4.07. The molecule has 0 atom stereocenters. The van der Waals surface area contributed by atoms with Gasteiger partial charge in [0.1, 0.15) is 0 Å². The second-order valence-electron chi connectivity index (χ2n) is 8.01. The van der Waals surface area contributed by atoms with Gasteiger partial charge in [0, 0.05) is 13.1 Å². The van der Waals surface area contributed by atoms with Crippen LogP contribution in [-0.2, 0) is 18.0 Å². The molecule has 164 valence electrons. The third kappa shape index (κ3) is 4.60. The van der Waals surface area contributed by atoms with Crippen molar-refractivity contribution in [3.63, 3.8) is 0 Å². The van der Waals surface area contributed by atoms with Crippen LogP contribution in [0.1, 0.15) is 18.4 Å². The molecule has 3 heterocycles. The zero-order valence-corrected chi connectivity index (χ0v) is 18.7. The number of hydrogen-bond donors (Lipinski definition) is 0. The van der Waals surface area contributed by atoms with Gasteiger partial charge in [-0.25, -0.2) is 4.68 Å². The molecule has 4 aromatic rings. The molecule has 1 fully saturated rings. The van der Waals surface area contributed by atoms with Gasteiger partial charge in [0.2, 0.25) is 10.6 Å². The Balaban J connectivity index is 1.28. The molecule has 6 nitrogen and oxygen atoms in total. The maximum Gasteiger partial charge on any atom is 0.204 e. The van der Waals surface area contributed by atoms with Crippen LogP contribution in [0.4, 0.5) is 0 Å². The predicted octanol–water partition coefficient (Wildman–Crippen LogP) is 5.30. The minimum Gasteiger partial charge on any atom is -0.461 e. The molecule has 0 radical (unpaired) electrons. The van der Waals surface area contributed by atoms with E-state index >= 15 is 0 Å². The van der Waals surface area contributed by atoms with Gasteiger partial charge in [-0.3, -0.25) is 9.47 Å². The number of aromatic nitrogens is 3. The third-order valence-electron chi connectivity index (χ3n) is 5.79. The van der Waals surface area contributed by atoms with Crippen molar-refractivity contribution in [2.75, 3.05) is 13.1 Å². The Hall–Kier alpha value is -3.00. The molecule has 0 spiro atoms. The first-order valence-electron chi connectivity index (χ1n) is 10.9. The summed E-state index contributed by atoms with van der Waals surface area (Å²) in [6.07, 6.45) is 3.96. The summed E-state index contributed by atoms with van der Waals surface area (Å²) in [5.41, 5.74) is 2.20. The molecular formula is C25H26N4O2S. The normalized spacial score (nSPS) is 15.2. The van der Waals surface area contributed by atoms with Crippen molar-refractivity contribution in [2.45, 2.75) is 32.2 Å². The summed E-state index contributed by atoms with van der Waals surface area (Å²) >= 11 is 5.83. The number of benzene rings is 2. The zero-order valence-electron chi connectivity index (χ0n) is 17.8. The Morgan fingerprint density at radius 2 is 1.66 bits per heavy atom. The van der Waals surface area contributed by atoms with E-state index < -0.39 is 0 Å². The molecule has 0 aliphatic carbocycles. The lowest BCUT2D eigenvalue weighted by atomic mass is 10.1. The summed E-state index contributed by atoms with van der Waals surface area (Å²) < 4.78 is 16.3. The van der Waals surface area contributed by atoms with Gasteiger partial charge >= 0.3 is 0 Å². The quantitative estimate of drug-likeness (QED) is 0.361. The van der Waals surface area contributed by atoms with Crippen LogP contribution >= 0.6 is 12.2 Å². The summed E-state index contributed by atoms with van der Waals surface area (Å²) in [7, 11) is 0. The maximum absolute atomic E-state index is 6.14. The monoisotopic (exact) mass is 446 g/mol. The molecule has 2 aromatic carbocycles. The van der Waals surface area contributed by atoms with E-state index in [0.717, 1.165) is 31.6 Å². The van der Waals surface area contributed by atoms with Crippen LogP contribution in [0.2, 0.25) is 0 Å². The van der Waals surface area contributed by atoms with E-state index in [1.54, 1.807) is 6.26 Å². The number of likely N-dealkylation sites (tertiary alicyclic amines) is 1. The second kappa shape index (κ2) is 9.65. The van der Waals surface area contributed by atoms with E-state index in [-0.39, 0.29) is 0 Å². The highest BCUT2D eigenvalue weighted by Crippen LogP contribution is 2.24. The molecule has 0 amide bonds. The number of furan rings is 1. The standard InChI is InChI=1S/C25H26N4O2S/c32-25-28(19-27-15-13-22(14-16-27)31-18-20-8-3-1-4-9-20)26-24(23-12-7-17-30-23)29(25)21-10-5-2-6-11-21/h1-12,17,22H,13-16,18-19H2. The van der Waals surface area contributed by atoms with Crippen LogP contribution in [0.25, 0.3) is 17.3 Å². The molecule has 5 rings (SSSR count). The number of hydrogen-bond acceptors (Lipinski definition) is 5. The lowest BCUT2D eigenvalue weighted by Crippen LogP contribution is -2.38. The van der Waals surface area contributed by atoms with Crippen LogP contribution in [0.3, 0.4) is 0 Å². The van der Waals surface area contributed by atoms with Gasteiger partial charge in [-0.15, -0.1) is 5.10 Å². The van der Waals surface area contributed by atoms with Crippen molar-refractivity contribution in [3.05, 3.63) is 89.4 Å². The molecule has 32 heavy (non-hydrogen) atoms. The predicted molar refractivity (Wildman–Crippen MR) is 126 cm³/mol. The van der Waals surface area contributed by atoms with Crippen LogP contribution < -0.4 is 0 Å². The summed E-state index contributed by atoms with van der Waals surface area (Å²) in [6, 6.07) is 24.2. The minimum absolute atomic E-state index is 0.292. The lowest BCUT2D eigenvalue weighted by molar-refractivity contribution is -0.00917. The largest absolute Gasteiger partial charge is 0.461 e. The van der Waals surface area contributed by atoms with Crippen LogP contribution in [0, 0.1) is 4.77 Å². The second-order valence-corrected chi connectivity index (χ2v) is 8.37. The van der Waals surface area contributed by atoms with E-state index in [1.807, 2.05) is 57.8 Å². The smallest absolute Gasteiger partial charge is 0.204 e. The average molecular weight is 447 g/mol. The summed E-state index contributed by atoms with van der Waals surface area (Å²) in [5, 5.41) is 4.83. The molecule has 0 N–H and O–H groups in total. The van der Waals surface area contributed by atoms with Gasteiger partial charge in [-0.2, -0.15) is 0 Å². The Bertz CT molecular complexity index is 1180.